The molecule has 5 heteroatoms. The number of aryl methyl sites for hydroxylation is 1. The molecule has 26 heavy (non-hydrogen) atoms. The van der Waals surface area contributed by atoms with Crippen molar-refractivity contribution in [2.45, 2.75) is 33.7 Å². The topological polar surface area (TPSA) is 56.8 Å². The van der Waals surface area contributed by atoms with E-state index in [1.807, 2.05) is 52.0 Å². The zero-order chi connectivity index (χ0) is 19.1. The number of hydrogen-bond acceptors (Lipinski definition) is 4. The molecule has 0 aliphatic heterocycles. The van der Waals surface area contributed by atoms with Gasteiger partial charge < -0.3 is 19.5 Å². The van der Waals surface area contributed by atoms with E-state index in [0.29, 0.717) is 30.3 Å². The first kappa shape index (κ1) is 19.6. The minimum absolute atomic E-state index is 0.130. The highest BCUT2D eigenvalue weighted by atomic mass is 16.5. The van der Waals surface area contributed by atoms with Crippen molar-refractivity contribution in [2.75, 3.05) is 20.3 Å². The Labute approximate surface area is 155 Å². The summed E-state index contributed by atoms with van der Waals surface area (Å²) in [6, 6.07) is 11.0. The highest BCUT2D eigenvalue weighted by molar-refractivity contribution is 5.94. The smallest absolute Gasteiger partial charge is 0.251 e. The Balaban J connectivity index is 2.15. The molecule has 0 aliphatic rings. The first-order valence-corrected chi connectivity index (χ1v) is 8.85. The van der Waals surface area contributed by atoms with E-state index in [2.05, 4.69) is 5.32 Å². The monoisotopic (exact) mass is 357 g/mol. The predicted octanol–water partition coefficient (Wildman–Crippen LogP) is 4.29. The number of carbonyl (C=O) groups excluding carboxylic acids is 1. The third-order valence-electron chi connectivity index (χ3n) is 4.07. The van der Waals surface area contributed by atoms with Crippen LogP contribution in [0.2, 0.25) is 0 Å². The summed E-state index contributed by atoms with van der Waals surface area (Å²) in [6.45, 7) is 8.85. The standard InChI is InChI=1S/C21H27NO4/c1-6-25-19-11-8-16(13-20(19)26-7-2)15(4)22-21(23)17-9-10-18(24-5)14(3)12-17/h8-13,15H,6-7H2,1-5H3,(H,22,23). The maximum atomic E-state index is 12.6. The zero-order valence-corrected chi connectivity index (χ0v) is 16.1. The average molecular weight is 357 g/mol. The Morgan fingerprint density at radius 1 is 1.00 bits per heavy atom. The molecule has 0 bridgehead atoms. The van der Waals surface area contributed by atoms with Crippen LogP contribution in [0.4, 0.5) is 0 Å². The molecule has 0 saturated heterocycles. The van der Waals surface area contributed by atoms with Crippen LogP contribution in [0.25, 0.3) is 0 Å². The van der Waals surface area contributed by atoms with Crippen molar-refractivity contribution in [1.82, 2.24) is 5.32 Å². The van der Waals surface area contributed by atoms with E-state index in [1.165, 1.54) is 0 Å². The van der Waals surface area contributed by atoms with E-state index in [-0.39, 0.29) is 11.9 Å². The zero-order valence-electron chi connectivity index (χ0n) is 16.1. The lowest BCUT2D eigenvalue weighted by atomic mass is 10.1. The van der Waals surface area contributed by atoms with Crippen LogP contribution >= 0.6 is 0 Å². The van der Waals surface area contributed by atoms with Gasteiger partial charge in [-0.1, -0.05) is 6.07 Å². The van der Waals surface area contributed by atoms with Gasteiger partial charge in [0.25, 0.3) is 5.91 Å². The SMILES string of the molecule is CCOc1ccc(C(C)NC(=O)c2ccc(OC)c(C)c2)cc1OCC. The fourth-order valence-corrected chi connectivity index (χ4v) is 2.72. The van der Waals surface area contributed by atoms with Gasteiger partial charge in [-0.15, -0.1) is 0 Å². The van der Waals surface area contributed by atoms with Gasteiger partial charge in [-0.05, 0) is 69.2 Å². The number of hydrogen-bond donors (Lipinski definition) is 1. The van der Waals surface area contributed by atoms with Gasteiger partial charge >= 0.3 is 0 Å². The number of carbonyl (C=O) groups is 1. The second-order valence-corrected chi connectivity index (χ2v) is 5.95. The molecule has 0 spiro atoms. The van der Waals surface area contributed by atoms with Crippen molar-refractivity contribution in [2.24, 2.45) is 0 Å². The molecule has 0 aromatic heterocycles. The van der Waals surface area contributed by atoms with Crippen molar-refractivity contribution in [3.8, 4) is 17.2 Å². The highest BCUT2D eigenvalue weighted by Gasteiger charge is 2.15. The van der Waals surface area contributed by atoms with Crippen molar-refractivity contribution < 1.29 is 19.0 Å². The normalized spacial score (nSPS) is 11.6. The van der Waals surface area contributed by atoms with Crippen LogP contribution < -0.4 is 19.5 Å². The summed E-state index contributed by atoms with van der Waals surface area (Å²) >= 11 is 0. The van der Waals surface area contributed by atoms with Crippen LogP contribution in [0, 0.1) is 6.92 Å². The lowest BCUT2D eigenvalue weighted by molar-refractivity contribution is 0.0939. The largest absolute Gasteiger partial charge is 0.496 e. The number of nitrogens with one attached hydrogen (secondary N) is 1. The summed E-state index contributed by atoms with van der Waals surface area (Å²) in [5.74, 6) is 2.04. The van der Waals surface area contributed by atoms with Crippen molar-refractivity contribution in [1.29, 1.82) is 0 Å². The molecule has 5 nitrogen and oxygen atoms in total. The molecule has 1 atom stereocenters. The van der Waals surface area contributed by atoms with Crippen molar-refractivity contribution >= 4 is 5.91 Å². The molecule has 2 rings (SSSR count). The summed E-state index contributed by atoms with van der Waals surface area (Å²) in [7, 11) is 1.62. The van der Waals surface area contributed by atoms with Gasteiger partial charge in [0.05, 0.1) is 26.4 Å². The second kappa shape index (κ2) is 9.13. The van der Waals surface area contributed by atoms with Gasteiger partial charge in [0.1, 0.15) is 5.75 Å². The fraction of sp³-hybridized carbons (Fsp3) is 0.381. The Bertz CT molecular complexity index is 758. The lowest BCUT2D eigenvalue weighted by Gasteiger charge is -2.18. The molecule has 0 aliphatic carbocycles. The highest BCUT2D eigenvalue weighted by Crippen LogP contribution is 2.31. The average Bonchev–Trinajstić information content (AvgIpc) is 2.63. The molecule has 0 radical (unpaired) electrons. The summed E-state index contributed by atoms with van der Waals surface area (Å²) in [5, 5.41) is 3.02. The molecule has 0 fully saturated rings. The van der Waals surface area contributed by atoms with Gasteiger partial charge in [0.15, 0.2) is 11.5 Å². The quantitative estimate of drug-likeness (QED) is 0.766. The van der Waals surface area contributed by atoms with Crippen molar-refractivity contribution in [3.05, 3.63) is 53.1 Å². The molecular formula is C21H27NO4. The maximum absolute atomic E-state index is 12.6. The Hall–Kier alpha value is -2.69. The van der Waals surface area contributed by atoms with E-state index in [1.54, 1.807) is 19.2 Å². The molecule has 0 heterocycles. The molecule has 0 saturated carbocycles. The molecule has 1 N–H and O–H groups in total. The van der Waals surface area contributed by atoms with E-state index >= 15 is 0 Å². The minimum Gasteiger partial charge on any atom is -0.496 e. The molecule has 2 aromatic rings. The van der Waals surface area contributed by atoms with Crippen LogP contribution in [0.5, 0.6) is 17.2 Å². The van der Waals surface area contributed by atoms with Crippen molar-refractivity contribution in [3.63, 3.8) is 0 Å². The van der Waals surface area contributed by atoms with E-state index in [9.17, 15) is 4.79 Å². The number of benzene rings is 2. The summed E-state index contributed by atoms with van der Waals surface area (Å²) in [6.07, 6.45) is 0. The molecule has 1 amide bonds. The van der Waals surface area contributed by atoms with E-state index < -0.39 is 0 Å². The Kier molecular flexibility index (Phi) is 6.89. The van der Waals surface area contributed by atoms with Crippen LogP contribution in [0.1, 0.15) is 48.3 Å². The summed E-state index contributed by atoms with van der Waals surface area (Å²) in [5.41, 5.74) is 2.48. The third-order valence-corrected chi connectivity index (χ3v) is 4.07. The molecule has 1 unspecified atom stereocenters. The first-order valence-electron chi connectivity index (χ1n) is 8.85. The van der Waals surface area contributed by atoms with Crippen LogP contribution in [0.15, 0.2) is 36.4 Å². The van der Waals surface area contributed by atoms with Gasteiger partial charge in [0, 0.05) is 5.56 Å². The number of amides is 1. The lowest BCUT2D eigenvalue weighted by Crippen LogP contribution is -2.26. The predicted molar refractivity (Wildman–Crippen MR) is 102 cm³/mol. The van der Waals surface area contributed by atoms with Crippen LogP contribution in [-0.4, -0.2) is 26.2 Å². The number of rotatable bonds is 8. The summed E-state index contributed by atoms with van der Waals surface area (Å²) in [4.78, 5) is 12.6. The third kappa shape index (κ3) is 4.69. The molecular weight excluding hydrogens is 330 g/mol. The maximum Gasteiger partial charge on any atom is 0.251 e. The number of methoxy groups -OCH3 is 1. The van der Waals surface area contributed by atoms with Crippen LogP contribution in [-0.2, 0) is 0 Å². The van der Waals surface area contributed by atoms with Gasteiger partial charge in [0.2, 0.25) is 0 Å². The Morgan fingerprint density at radius 2 is 1.65 bits per heavy atom. The minimum atomic E-state index is -0.167. The van der Waals surface area contributed by atoms with Gasteiger partial charge in [-0.25, -0.2) is 0 Å². The second-order valence-electron chi connectivity index (χ2n) is 5.95. The molecule has 140 valence electrons. The fourth-order valence-electron chi connectivity index (χ4n) is 2.72. The van der Waals surface area contributed by atoms with Gasteiger partial charge in [-0.2, -0.15) is 0 Å². The molecule has 2 aromatic carbocycles. The van der Waals surface area contributed by atoms with E-state index in [0.717, 1.165) is 16.9 Å². The van der Waals surface area contributed by atoms with Gasteiger partial charge in [-0.3, -0.25) is 4.79 Å². The van der Waals surface area contributed by atoms with E-state index in [4.69, 9.17) is 14.2 Å². The van der Waals surface area contributed by atoms with Crippen LogP contribution in [0.3, 0.4) is 0 Å². The Morgan fingerprint density at radius 3 is 2.27 bits per heavy atom. The summed E-state index contributed by atoms with van der Waals surface area (Å²) < 4.78 is 16.5. The first-order chi connectivity index (χ1) is 12.5. The number of ether oxygens (including phenoxy) is 3.